The number of amides is 2. The van der Waals surface area contributed by atoms with E-state index in [1.807, 2.05) is 6.07 Å². The van der Waals surface area contributed by atoms with Crippen molar-refractivity contribution in [2.75, 3.05) is 13.2 Å². The van der Waals surface area contributed by atoms with E-state index in [4.69, 9.17) is 5.11 Å². The molecule has 2 rings (SSSR count). The second-order valence-corrected chi connectivity index (χ2v) is 5.90. The molecular formula is C13H17BrN2O2S. The Morgan fingerprint density at radius 2 is 2.37 bits per heavy atom. The van der Waals surface area contributed by atoms with Gasteiger partial charge in [-0.2, -0.15) is 0 Å². The lowest BCUT2D eigenvalue weighted by molar-refractivity contribution is 0.208. The predicted molar refractivity (Wildman–Crippen MR) is 81.1 cm³/mol. The van der Waals surface area contributed by atoms with Crippen molar-refractivity contribution in [3.63, 3.8) is 0 Å². The van der Waals surface area contributed by atoms with Crippen LogP contribution in [0, 0.1) is 0 Å². The second kappa shape index (κ2) is 6.63. The fourth-order valence-corrected chi connectivity index (χ4v) is 3.07. The molecular weight excluding hydrogens is 328 g/mol. The quantitative estimate of drug-likeness (QED) is 0.738. The number of carbonyl (C=O) groups excluding carboxylic acids is 1. The Balaban J connectivity index is 2.18. The first kappa shape index (κ1) is 14.7. The van der Waals surface area contributed by atoms with Crippen LogP contribution in [0.4, 0.5) is 4.79 Å². The van der Waals surface area contributed by atoms with Crippen LogP contribution in [-0.4, -0.2) is 28.6 Å². The topological polar surface area (TPSA) is 52.6 Å². The van der Waals surface area contributed by atoms with Crippen LogP contribution in [0.2, 0.25) is 0 Å². The number of hydrogen-bond donors (Lipinski definition) is 3. The lowest BCUT2D eigenvalue weighted by Crippen LogP contribution is -2.38. The number of nitrogens with one attached hydrogen (secondary N) is 1. The molecule has 4 nitrogen and oxygen atoms in total. The Morgan fingerprint density at radius 1 is 1.58 bits per heavy atom. The Kier molecular flexibility index (Phi) is 5.13. The third-order valence-electron chi connectivity index (χ3n) is 3.28. The predicted octanol–water partition coefficient (Wildman–Crippen LogP) is 2.68. The molecule has 19 heavy (non-hydrogen) atoms. The zero-order chi connectivity index (χ0) is 13.8. The van der Waals surface area contributed by atoms with Gasteiger partial charge >= 0.3 is 6.03 Å². The van der Waals surface area contributed by atoms with E-state index in [-0.39, 0.29) is 25.2 Å². The molecule has 0 aliphatic heterocycles. The van der Waals surface area contributed by atoms with Gasteiger partial charge in [-0.15, -0.1) is 0 Å². The van der Waals surface area contributed by atoms with Crippen LogP contribution < -0.4 is 5.32 Å². The monoisotopic (exact) mass is 344 g/mol. The number of aliphatic hydroxyl groups excluding tert-OH is 1. The summed E-state index contributed by atoms with van der Waals surface area (Å²) < 4.78 is 2.44. The smallest absolute Gasteiger partial charge is 0.327 e. The zero-order valence-electron chi connectivity index (χ0n) is 10.5. The maximum Gasteiger partial charge on any atom is 0.327 e. The van der Waals surface area contributed by atoms with E-state index in [1.54, 1.807) is 0 Å². The van der Waals surface area contributed by atoms with Crippen molar-refractivity contribution in [2.45, 2.75) is 25.3 Å². The number of urea groups is 1. The molecule has 1 aromatic carbocycles. The highest BCUT2D eigenvalue weighted by Crippen LogP contribution is 2.36. The molecule has 0 saturated heterocycles. The highest BCUT2D eigenvalue weighted by atomic mass is 79.9. The minimum atomic E-state index is -0.268. The number of aliphatic hydroxyl groups is 1. The van der Waals surface area contributed by atoms with E-state index in [9.17, 15) is 4.79 Å². The number of halogens is 1. The summed E-state index contributed by atoms with van der Waals surface area (Å²) in [6.07, 6.45) is 2.99. The fraction of sp³-hybridized carbons (Fsp3) is 0.462. The fourth-order valence-electron chi connectivity index (χ4n) is 2.38. The number of benzene rings is 1. The minimum absolute atomic E-state index is 0.0247. The van der Waals surface area contributed by atoms with Gasteiger partial charge in [0.15, 0.2) is 0 Å². The summed E-state index contributed by atoms with van der Waals surface area (Å²) in [5.74, 6) is 0. The van der Waals surface area contributed by atoms with Gasteiger partial charge in [-0.05, 0) is 42.5 Å². The van der Waals surface area contributed by atoms with Gasteiger partial charge in [-0.3, -0.25) is 4.31 Å². The van der Waals surface area contributed by atoms with Gasteiger partial charge in [0.1, 0.15) is 0 Å². The molecule has 6 heteroatoms. The standard InChI is InChI=1S/C13H17BrN2O2S/c14-10-5-4-9-2-1-3-12(11(9)8-10)16(19)13(18)15-6-7-17/h4-5,8,12,17,19H,1-3,6-7H2,(H,15,18). The summed E-state index contributed by atoms with van der Waals surface area (Å²) in [6.45, 7) is 0.175. The minimum Gasteiger partial charge on any atom is -0.395 e. The molecule has 0 spiro atoms. The highest BCUT2D eigenvalue weighted by Gasteiger charge is 2.27. The van der Waals surface area contributed by atoms with E-state index < -0.39 is 0 Å². The molecule has 0 heterocycles. The highest BCUT2D eigenvalue weighted by molar-refractivity contribution is 9.10. The number of fused-ring (bicyclic) bond motifs is 1. The molecule has 0 fully saturated rings. The van der Waals surface area contributed by atoms with Crippen molar-refractivity contribution in [1.82, 2.24) is 9.62 Å². The summed E-state index contributed by atoms with van der Waals surface area (Å²) in [5, 5.41) is 11.4. The van der Waals surface area contributed by atoms with Crippen molar-refractivity contribution >= 4 is 34.8 Å². The van der Waals surface area contributed by atoms with Gasteiger partial charge in [-0.1, -0.05) is 34.8 Å². The van der Waals surface area contributed by atoms with Crippen LogP contribution in [-0.2, 0) is 6.42 Å². The van der Waals surface area contributed by atoms with E-state index in [0.717, 1.165) is 29.3 Å². The first-order valence-electron chi connectivity index (χ1n) is 6.28. The maximum atomic E-state index is 11.9. The summed E-state index contributed by atoms with van der Waals surface area (Å²) in [7, 11) is 0. The number of carbonyl (C=O) groups is 1. The number of aryl methyl sites for hydroxylation is 1. The van der Waals surface area contributed by atoms with Gasteiger partial charge in [0.2, 0.25) is 0 Å². The number of nitrogens with zero attached hydrogens (tertiary/aromatic N) is 1. The molecule has 0 radical (unpaired) electrons. The van der Waals surface area contributed by atoms with Crippen LogP contribution in [0.15, 0.2) is 22.7 Å². The molecule has 2 N–H and O–H groups in total. The first-order valence-corrected chi connectivity index (χ1v) is 7.48. The summed E-state index contributed by atoms with van der Waals surface area (Å²) in [4.78, 5) is 11.9. The van der Waals surface area contributed by atoms with Gasteiger partial charge in [-0.25, -0.2) is 4.79 Å². The van der Waals surface area contributed by atoms with Crippen molar-refractivity contribution in [3.8, 4) is 0 Å². The molecule has 1 aliphatic carbocycles. The van der Waals surface area contributed by atoms with E-state index in [2.05, 4.69) is 46.2 Å². The van der Waals surface area contributed by atoms with E-state index >= 15 is 0 Å². The molecule has 0 aromatic heterocycles. The van der Waals surface area contributed by atoms with Crippen molar-refractivity contribution in [3.05, 3.63) is 33.8 Å². The molecule has 104 valence electrons. The molecule has 1 atom stereocenters. The largest absolute Gasteiger partial charge is 0.395 e. The Hall–Kier alpha value is -0.720. The second-order valence-electron chi connectivity index (χ2n) is 4.55. The molecule has 2 amide bonds. The van der Waals surface area contributed by atoms with Gasteiger partial charge in [0, 0.05) is 11.0 Å². The Morgan fingerprint density at radius 3 is 3.11 bits per heavy atom. The normalized spacial score (nSPS) is 17.7. The van der Waals surface area contributed by atoms with Gasteiger partial charge < -0.3 is 10.4 Å². The molecule has 1 aromatic rings. The number of hydrogen-bond acceptors (Lipinski definition) is 3. The first-order chi connectivity index (χ1) is 9.13. The molecule has 0 bridgehead atoms. The maximum absolute atomic E-state index is 11.9. The number of rotatable bonds is 3. The zero-order valence-corrected chi connectivity index (χ0v) is 13.0. The Bertz CT molecular complexity index is 470. The average molecular weight is 345 g/mol. The average Bonchev–Trinajstić information content (AvgIpc) is 2.43. The molecule has 0 saturated carbocycles. The summed E-state index contributed by atoms with van der Waals surface area (Å²) >= 11 is 7.79. The van der Waals surface area contributed by atoms with Crippen LogP contribution in [0.1, 0.15) is 30.0 Å². The van der Waals surface area contributed by atoms with Crippen LogP contribution >= 0.6 is 28.7 Å². The van der Waals surface area contributed by atoms with Crippen LogP contribution in [0.3, 0.4) is 0 Å². The molecule has 1 unspecified atom stereocenters. The van der Waals surface area contributed by atoms with Crippen LogP contribution in [0.25, 0.3) is 0 Å². The van der Waals surface area contributed by atoms with Crippen molar-refractivity contribution in [2.24, 2.45) is 0 Å². The van der Waals surface area contributed by atoms with E-state index in [1.165, 1.54) is 9.87 Å². The van der Waals surface area contributed by atoms with Gasteiger partial charge in [0.05, 0.1) is 12.6 Å². The van der Waals surface area contributed by atoms with Crippen molar-refractivity contribution in [1.29, 1.82) is 0 Å². The SMILES string of the molecule is O=C(NCCO)N(S)C1CCCc2ccc(Br)cc21. The third kappa shape index (κ3) is 3.43. The summed E-state index contributed by atoms with van der Waals surface area (Å²) in [6, 6.07) is 5.88. The van der Waals surface area contributed by atoms with E-state index in [0.29, 0.717) is 0 Å². The lowest BCUT2D eigenvalue weighted by atomic mass is 9.88. The lowest BCUT2D eigenvalue weighted by Gasteiger charge is -2.32. The van der Waals surface area contributed by atoms with Crippen molar-refractivity contribution < 1.29 is 9.90 Å². The third-order valence-corrected chi connectivity index (χ3v) is 4.24. The van der Waals surface area contributed by atoms with Gasteiger partial charge in [0.25, 0.3) is 0 Å². The Labute approximate surface area is 126 Å². The molecule has 1 aliphatic rings. The number of thiol groups is 1. The summed E-state index contributed by atoms with van der Waals surface area (Å²) in [5.41, 5.74) is 2.42. The van der Waals surface area contributed by atoms with Crippen LogP contribution in [0.5, 0.6) is 0 Å².